The molecule has 2 aliphatic heterocycles. The average Bonchev–Trinajstić information content (AvgIpc) is 2.55. The van der Waals surface area contributed by atoms with E-state index in [2.05, 4.69) is 0 Å². The van der Waals surface area contributed by atoms with Crippen molar-refractivity contribution in [3.05, 3.63) is 24.3 Å². The minimum Gasteiger partial charge on any atom is -0.485 e. The second-order valence-electron chi connectivity index (χ2n) is 5.68. The van der Waals surface area contributed by atoms with E-state index in [9.17, 15) is 4.79 Å². The third-order valence-electron chi connectivity index (χ3n) is 3.86. The van der Waals surface area contributed by atoms with Crippen molar-refractivity contribution in [1.82, 2.24) is 0 Å². The Morgan fingerprint density at radius 1 is 1.32 bits per heavy atom. The van der Waals surface area contributed by atoms with Crippen molar-refractivity contribution in [2.75, 3.05) is 39.5 Å². The third-order valence-corrected chi connectivity index (χ3v) is 3.86. The lowest BCUT2D eigenvalue weighted by Gasteiger charge is -2.28. The molecule has 1 saturated heterocycles. The molecule has 0 spiro atoms. The summed E-state index contributed by atoms with van der Waals surface area (Å²) in [6, 6.07) is 7.33. The van der Waals surface area contributed by atoms with E-state index in [4.69, 9.17) is 18.9 Å². The summed E-state index contributed by atoms with van der Waals surface area (Å²) in [6.07, 6.45) is -0.849. The monoisotopic (exact) mass is 308 g/mol. The SMILES string of the molecule is C[C@H](C[NH+]1CCOCC1)OC(=O)[C@@H]1COc2ccccc2O1. The Kier molecular flexibility index (Phi) is 4.80. The molecule has 6 heteroatoms. The van der Waals surface area contributed by atoms with E-state index in [0.29, 0.717) is 11.5 Å². The second-order valence-corrected chi connectivity index (χ2v) is 5.68. The van der Waals surface area contributed by atoms with E-state index in [0.717, 1.165) is 32.8 Å². The zero-order valence-electron chi connectivity index (χ0n) is 12.7. The highest BCUT2D eigenvalue weighted by molar-refractivity contribution is 5.76. The molecule has 0 aromatic heterocycles. The van der Waals surface area contributed by atoms with Crippen LogP contribution in [0.4, 0.5) is 0 Å². The van der Waals surface area contributed by atoms with Gasteiger partial charge in [-0.2, -0.15) is 0 Å². The number of nitrogens with one attached hydrogen (secondary N) is 1. The number of carbonyl (C=O) groups excluding carboxylic acids is 1. The first-order chi connectivity index (χ1) is 10.7. The van der Waals surface area contributed by atoms with Crippen LogP contribution in [0.3, 0.4) is 0 Å². The maximum Gasteiger partial charge on any atom is 0.351 e. The molecule has 2 atom stereocenters. The fourth-order valence-electron chi connectivity index (χ4n) is 2.72. The molecule has 0 bridgehead atoms. The van der Waals surface area contributed by atoms with Crippen molar-refractivity contribution >= 4 is 5.97 Å². The number of ether oxygens (including phenoxy) is 4. The molecule has 1 N–H and O–H groups in total. The number of quaternary nitrogens is 1. The molecule has 2 aliphatic rings. The molecule has 3 rings (SSSR count). The Hall–Kier alpha value is -1.79. The highest BCUT2D eigenvalue weighted by atomic mass is 16.6. The molecule has 2 heterocycles. The summed E-state index contributed by atoms with van der Waals surface area (Å²) >= 11 is 0. The summed E-state index contributed by atoms with van der Waals surface area (Å²) < 4.78 is 22.0. The lowest BCUT2D eigenvalue weighted by Crippen LogP contribution is -3.15. The van der Waals surface area contributed by atoms with Gasteiger partial charge in [0, 0.05) is 0 Å². The second kappa shape index (κ2) is 6.98. The molecule has 1 aromatic carbocycles. The molecule has 0 aliphatic carbocycles. The van der Waals surface area contributed by atoms with Crippen LogP contribution in [0.5, 0.6) is 11.5 Å². The molecule has 0 unspecified atom stereocenters. The van der Waals surface area contributed by atoms with E-state index in [1.54, 1.807) is 6.07 Å². The van der Waals surface area contributed by atoms with Crippen LogP contribution >= 0.6 is 0 Å². The number of benzene rings is 1. The molecule has 0 saturated carbocycles. The summed E-state index contributed by atoms with van der Waals surface area (Å²) in [7, 11) is 0. The number of para-hydroxylation sites is 2. The van der Waals surface area contributed by atoms with Gasteiger partial charge < -0.3 is 23.8 Å². The van der Waals surface area contributed by atoms with Crippen molar-refractivity contribution in [1.29, 1.82) is 0 Å². The first-order valence-corrected chi connectivity index (χ1v) is 7.72. The van der Waals surface area contributed by atoms with Gasteiger partial charge in [0.25, 0.3) is 0 Å². The number of hydrogen-bond donors (Lipinski definition) is 1. The molecule has 6 nitrogen and oxygen atoms in total. The summed E-state index contributed by atoms with van der Waals surface area (Å²) in [4.78, 5) is 13.6. The summed E-state index contributed by atoms with van der Waals surface area (Å²) in [5.41, 5.74) is 0. The molecule has 1 fully saturated rings. The number of morpholine rings is 1. The third kappa shape index (κ3) is 3.69. The maximum absolute atomic E-state index is 12.2. The highest BCUT2D eigenvalue weighted by Gasteiger charge is 2.30. The standard InChI is InChI=1S/C16H21NO5/c1-12(10-17-6-8-19-9-7-17)21-16(18)15-11-20-13-4-2-3-5-14(13)22-15/h2-5,12,15H,6-11H2,1H3/p+1/t12-,15+/m1/s1. The predicted octanol–water partition coefficient (Wildman–Crippen LogP) is -0.327. The first kappa shape index (κ1) is 15.1. The van der Waals surface area contributed by atoms with Gasteiger partial charge in [-0.25, -0.2) is 4.79 Å². The van der Waals surface area contributed by atoms with Crippen LogP contribution in [0.1, 0.15) is 6.92 Å². The van der Waals surface area contributed by atoms with Crippen molar-refractivity contribution < 1.29 is 28.6 Å². The fraction of sp³-hybridized carbons (Fsp3) is 0.562. The largest absolute Gasteiger partial charge is 0.485 e. The Bertz CT molecular complexity index is 515. The topological polar surface area (TPSA) is 58.4 Å². The van der Waals surface area contributed by atoms with Gasteiger partial charge in [0.2, 0.25) is 6.10 Å². The zero-order valence-corrected chi connectivity index (χ0v) is 12.7. The van der Waals surface area contributed by atoms with Gasteiger partial charge in [-0.05, 0) is 19.1 Å². The summed E-state index contributed by atoms with van der Waals surface area (Å²) in [6.45, 7) is 6.35. The number of carbonyl (C=O) groups is 1. The van der Waals surface area contributed by atoms with Crippen LogP contribution in [-0.2, 0) is 14.3 Å². The van der Waals surface area contributed by atoms with Crippen molar-refractivity contribution in [3.63, 3.8) is 0 Å². The summed E-state index contributed by atoms with van der Waals surface area (Å²) in [5, 5.41) is 0. The van der Waals surface area contributed by atoms with Crippen LogP contribution in [0, 0.1) is 0 Å². The quantitative estimate of drug-likeness (QED) is 0.772. The lowest BCUT2D eigenvalue weighted by molar-refractivity contribution is -0.910. The Morgan fingerprint density at radius 3 is 2.82 bits per heavy atom. The van der Waals surface area contributed by atoms with E-state index in [1.807, 2.05) is 25.1 Å². The Morgan fingerprint density at radius 2 is 2.05 bits per heavy atom. The Labute approximate surface area is 129 Å². The van der Waals surface area contributed by atoms with E-state index < -0.39 is 6.10 Å². The number of fused-ring (bicyclic) bond motifs is 1. The molecule has 120 valence electrons. The van der Waals surface area contributed by atoms with Gasteiger partial charge >= 0.3 is 5.97 Å². The first-order valence-electron chi connectivity index (χ1n) is 7.72. The van der Waals surface area contributed by atoms with Crippen molar-refractivity contribution in [2.45, 2.75) is 19.1 Å². The van der Waals surface area contributed by atoms with E-state index >= 15 is 0 Å². The molecule has 22 heavy (non-hydrogen) atoms. The lowest BCUT2D eigenvalue weighted by atomic mass is 10.2. The maximum atomic E-state index is 12.2. The molecule has 0 radical (unpaired) electrons. The molecule has 1 aromatic rings. The van der Waals surface area contributed by atoms with Crippen LogP contribution in [0.15, 0.2) is 24.3 Å². The van der Waals surface area contributed by atoms with Gasteiger partial charge in [0.15, 0.2) is 11.5 Å². The Balaban J connectivity index is 1.49. The number of rotatable bonds is 4. The van der Waals surface area contributed by atoms with Crippen LogP contribution in [0.25, 0.3) is 0 Å². The van der Waals surface area contributed by atoms with Crippen LogP contribution < -0.4 is 14.4 Å². The van der Waals surface area contributed by atoms with E-state index in [1.165, 1.54) is 4.90 Å². The van der Waals surface area contributed by atoms with Gasteiger partial charge in [-0.15, -0.1) is 0 Å². The van der Waals surface area contributed by atoms with E-state index in [-0.39, 0.29) is 18.7 Å². The van der Waals surface area contributed by atoms with Crippen molar-refractivity contribution in [2.24, 2.45) is 0 Å². The number of esters is 1. The smallest absolute Gasteiger partial charge is 0.351 e. The zero-order chi connectivity index (χ0) is 15.4. The minimum absolute atomic E-state index is 0.152. The number of hydrogen-bond acceptors (Lipinski definition) is 5. The molecular formula is C16H22NO5+. The average molecular weight is 308 g/mol. The van der Waals surface area contributed by atoms with Crippen LogP contribution in [0.2, 0.25) is 0 Å². The fourth-order valence-corrected chi connectivity index (χ4v) is 2.72. The van der Waals surface area contributed by atoms with Gasteiger partial charge in [-0.3, -0.25) is 0 Å². The normalized spacial score (nSPS) is 22.9. The predicted molar refractivity (Wildman–Crippen MR) is 78.3 cm³/mol. The van der Waals surface area contributed by atoms with Gasteiger partial charge in [0.1, 0.15) is 32.3 Å². The van der Waals surface area contributed by atoms with Gasteiger partial charge in [0.05, 0.1) is 13.2 Å². The summed E-state index contributed by atoms with van der Waals surface area (Å²) in [5.74, 6) is 0.883. The minimum atomic E-state index is -0.697. The van der Waals surface area contributed by atoms with Crippen LogP contribution in [-0.4, -0.2) is 57.6 Å². The van der Waals surface area contributed by atoms with Gasteiger partial charge in [-0.1, -0.05) is 12.1 Å². The molecular weight excluding hydrogens is 286 g/mol. The highest BCUT2D eigenvalue weighted by Crippen LogP contribution is 2.31. The van der Waals surface area contributed by atoms with Crippen molar-refractivity contribution in [3.8, 4) is 11.5 Å². The molecule has 0 amide bonds.